The molecule has 102 valence electrons. The first-order valence-corrected chi connectivity index (χ1v) is 6.81. The van der Waals surface area contributed by atoms with Crippen LogP contribution in [0.5, 0.6) is 0 Å². The molecule has 0 aromatic rings. The van der Waals surface area contributed by atoms with Crippen LogP contribution in [0.1, 0.15) is 40.5 Å². The van der Waals surface area contributed by atoms with Crippen LogP contribution in [0.15, 0.2) is 59.3 Å². The Bertz CT molecular complexity index is 468. The van der Waals surface area contributed by atoms with E-state index in [-0.39, 0.29) is 0 Å². The largest absolute Gasteiger partial charge is 0.299 e. The van der Waals surface area contributed by atoms with Crippen LogP contribution in [0, 0.1) is 5.41 Å². The molecule has 0 saturated carbocycles. The van der Waals surface area contributed by atoms with Crippen LogP contribution < -0.4 is 0 Å². The van der Waals surface area contributed by atoms with Gasteiger partial charge in [0.1, 0.15) is 6.29 Å². The van der Waals surface area contributed by atoms with Crippen molar-refractivity contribution in [2.75, 3.05) is 0 Å². The van der Waals surface area contributed by atoms with E-state index in [2.05, 4.69) is 32.9 Å². The van der Waals surface area contributed by atoms with E-state index in [0.29, 0.717) is 5.41 Å². The van der Waals surface area contributed by atoms with Crippen LogP contribution in [-0.4, -0.2) is 6.29 Å². The van der Waals surface area contributed by atoms with Crippen molar-refractivity contribution in [3.63, 3.8) is 0 Å². The first kappa shape index (κ1) is 15.4. The van der Waals surface area contributed by atoms with Gasteiger partial charge >= 0.3 is 0 Å². The second-order valence-corrected chi connectivity index (χ2v) is 5.73. The predicted octanol–water partition coefficient (Wildman–Crippen LogP) is 4.94. The van der Waals surface area contributed by atoms with Gasteiger partial charge in [-0.05, 0) is 49.3 Å². The molecule has 0 radical (unpaired) electrons. The van der Waals surface area contributed by atoms with Crippen LogP contribution >= 0.6 is 0 Å². The lowest BCUT2D eigenvalue weighted by molar-refractivity contribution is -0.104. The highest BCUT2D eigenvalue weighted by Crippen LogP contribution is 2.42. The lowest BCUT2D eigenvalue weighted by Crippen LogP contribution is -2.07. The van der Waals surface area contributed by atoms with E-state index in [1.54, 1.807) is 6.08 Å². The Hall–Kier alpha value is -1.63. The van der Waals surface area contributed by atoms with E-state index in [1.807, 2.05) is 31.2 Å². The summed E-state index contributed by atoms with van der Waals surface area (Å²) in [5, 5.41) is 0. The minimum atomic E-state index is 0.313. The zero-order valence-electron chi connectivity index (χ0n) is 12.4. The van der Waals surface area contributed by atoms with Gasteiger partial charge < -0.3 is 0 Å². The van der Waals surface area contributed by atoms with Gasteiger partial charge in [-0.2, -0.15) is 0 Å². The molecule has 0 amide bonds. The van der Waals surface area contributed by atoms with Gasteiger partial charge in [-0.25, -0.2) is 0 Å². The first-order valence-electron chi connectivity index (χ1n) is 6.81. The highest BCUT2D eigenvalue weighted by Gasteiger charge is 2.28. The Morgan fingerprint density at radius 3 is 2.42 bits per heavy atom. The average Bonchev–Trinajstić information content (AvgIpc) is 2.59. The maximum absolute atomic E-state index is 10.2. The quantitative estimate of drug-likeness (QED) is 0.387. The van der Waals surface area contributed by atoms with Gasteiger partial charge in [0.2, 0.25) is 0 Å². The second-order valence-electron chi connectivity index (χ2n) is 5.73. The number of aldehydes is 1. The summed E-state index contributed by atoms with van der Waals surface area (Å²) in [6, 6.07) is 0. The van der Waals surface area contributed by atoms with Gasteiger partial charge in [0, 0.05) is 0 Å². The molecule has 0 aliphatic heterocycles. The molecule has 0 heterocycles. The summed E-state index contributed by atoms with van der Waals surface area (Å²) in [6.07, 6.45) is 17.0. The van der Waals surface area contributed by atoms with Crippen molar-refractivity contribution >= 4 is 6.29 Å². The summed E-state index contributed by atoms with van der Waals surface area (Å²) in [6.45, 7) is 8.75. The van der Waals surface area contributed by atoms with E-state index >= 15 is 0 Å². The lowest BCUT2D eigenvalue weighted by atomic mass is 9.85. The Kier molecular flexibility index (Phi) is 5.75. The van der Waals surface area contributed by atoms with E-state index < -0.39 is 0 Å². The molecule has 0 spiro atoms. The third-order valence-electron chi connectivity index (χ3n) is 3.60. The maximum atomic E-state index is 10.2. The molecule has 0 aromatic heterocycles. The number of hydrogen-bond acceptors (Lipinski definition) is 1. The normalized spacial score (nSPS) is 20.3. The Morgan fingerprint density at radius 2 is 1.84 bits per heavy atom. The van der Waals surface area contributed by atoms with Crippen LogP contribution in [0.3, 0.4) is 0 Å². The molecule has 0 bridgehead atoms. The Balaban J connectivity index is 2.58. The van der Waals surface area contributed by atoms with E-state index in [1.165, 1.54) is 24.0 Å². The standard InChI is InChI=1S/C18H24O/c1-15(12-14-19)9-7-5-6-8-10-17-16(2)11-13-18(17,3)4/h5-10,12,14H,11,13H2,1-4H3. The Labute approximate surface area is 117 Å². The number of rotatable bonds is 5. The second kappa shape index (κ2) is 7.08. The molecule has 1 nitrogen and oxygen atoms in total. The third kappa shape index (κ3) is 4.86. The SMILES string of the molecule is CC(C=CC=CC=CC1=C(C)CCC1(C)C)=CC=O. The minimum Gasteiger partial charge on any atom is -0.299 e. The summed E-state index contributed by atoms with van der Waals surface area (Å²) >= 11 is 0. The third-order valence-corrected chi connectivity index (χ3v) is 3.60. The van der Waals surface area contributed by atoms with Gasteiger partial charge in [0.15, 0.2) is 0 Å². The van der Waals surface area contributed by atoms with E-state index in [0.717, 1.165) is 11.9 Å². The molecule has 0 fully saturated rings. The average molecular weight is 256 g/mol. The van der Waals surface area contributed by atoms with Gasteiger partial charge in [0.05, 0.1) is 0 Å². The monoisotopic (exact) mass is 256 g/mol. The lowest BCUT2D eigenvalue weighted by Gasteiger charge is -2.19. The van der Waals surface area contributed by atoms with Gasteiger partial charge in [-0.3, -0.25) is 4.79 Å². The highest BCUT2D eigenvalue weighted by molar-refractivity contribution is 5.66. The van der Waals surface area contributed by atoms with Crippen molar-refractivity contribution < 1.29 is 4.79 Å². The topological polar surface area (TPSA) is 17.1 Å². The van der Waals surface area contributed by atoms with E-state index in [9.17, 15) is 4.79 Å². The van der Waals surface area contributed by atoms with Crippen molar-refractivity contribution in [2.24, 2.45) is 5.41 Å². The fourth-order valence-electron chi connectivity index (χ4n) is 2.37. The molecular weight excluding hydrogens is 232 g/mol. The molecule has 0 unspecified atom stereocenters. The van der Waals surface area contributed by atoms with Gasteiger partial charge in [-0.1, -0.05) is 55.9 Å². The summed E-state index contributed by atoms with van der Waals surface area (Å²) in [5.74, 6) is 0. The van der Waals surface area contributed by atoms with Crippen LogP contribution in [-0.2, 0) is 4.79 Å². The molecule has 1 aliphatic carbocycles. The van der Waals surface area contributed by atoms with Crippen molar-refractivity contribution in [2.45, 2.75) is 40.5 Å². The van der Waals surface area contributed by atoms with Crippen molar-refractivity contribution in [3.05, 3.63) is 59.3 Å². The maximum Gasteiger partial charge on any atom is 0.143 e. The fourth-order valence-corrected chi connectivity index (χ4v) is 2.37. The Morgan fingerprint density at radius 1 is 1.16 bits per heavy atom. The predicted molar refractivity (Wildman–Crippen MR) is 83.0 cm³/mol. The number of hydrogen-bond donors (Lipinski definition) is 0. The molecule has 0 saturated heterocycles. The van der Waals surface area contributed by atoms with Crippen molar-refractivity contribution in [1.29, 1.82) is 0 Å². The zero-order chi connectivity index (χ0) is 14.3. The number of carbonyl (C=O) groups is 1. The molecular formula is C18H24O. The van der Waals surface area contributed by atoms with Crippen molar-refractivity contribution in [1.82, 2.24) is 0 Å². The van der Waals surface area contributed by atoms with Crippen LogP contribution in [0.25, 0.3) is 0 Å². The number of allylic oxidation sites excluding steroid dienone is 10. The molecule has 1 heteroatoms. The molecule has 19 heavy (non-hydrogen) atoms. The minimum absolute atomic E-state index is 0.313. The summed E-state index contributed by atoms with van der Waals surface area (Å²) in [5.41, 5.74) is 4.25. The number of carbonyl (C=O) groups excluding carboxylic acids is 1. The smallest absolute Gasteiger partial charge is 0.143 e. The fraction of sp³-hybridized carbons (Fsp3) is 0.389. The zero-order valence-corrected chi connectivity index (χ0v) is 12.4. The molecule has 0 aromatic carbocycles. The molecule has 1 rings (SSSR count). The van der Waals surface area contributed by atoms with Crippen LogP contribution in [0.2, 0.25) is 0 Å². The van der Waals surface area contributed by atoms with Gasteiger partial charge in [-0.15, -0.1) is 0 Å². The summed E-state index contributed by atoms with van der Waals surface area (Å²) < 4.78 is 0. The molecule has 1 aliphatic rings. The summed E-state index contributed by atoms with van der Waals surface area (Å²) in [7, 11) is 0. The molecule has 0 N–H and O–H groups in total. The highest BCUT2D eigenvalue weighted by atomic mass is 16.1. The van der Waals surface area contributed by atoms with Gasteiger partial charge in [0.25, 0.3) is 0 Å². The summed E-state index contributed by atoms with van der Waals surface area (Å²) in [4.78, 5) is 10.2. The molecule has 0 atom stereocenters. The first-order chi connectivity index (χ1) is 8.97. The van der Waals surface area contributed by atoms with Crippen molar-refractivity contribution in [3.8, 4) is 0 Å². The van der Waals surface area contributed by atoms with E-state index in [4.69, 9.17) is 0 Å². The van der Waals surface area contributed by atoms with Crippen LogP contribution in [0.4, 0.5) is 0 Å².